The largest absolute Gasteiger partial charge is 0.335 e. The molecule has 2 unspecified atom stereocenters. The number of rotatable bonds is 1. The van der Waals surface area contributed by atoms with E-state index in [0.717, 1.165) is 21.3 Å². The monoisotopic (exact) mass is 366 g/mol. The second kappa shape index (κ2) is 5.96. The van der Waals surface area contributed by atoms with Gasteiger partial charge in [0.2, 0.25) is 0 Å². The van der Waals surface area contributed by atoms with Crippen LogP contribution in [-0.4, -0.2) is 16.5 Å². The minimum absolute atomic E-state index is 0.210. The normalized spacial score (nSPS) is 28.8. The van der Waals surface area contributed by atoms with E-state index in [1.54, 1.807) is 0 Å². The lowest BCUT2D eigenvalue weighted by molar-refractivity contribution is 0.266. The average Bonchev–Trinajstić information content (AvgIpc) is 2.76. The van der Waals surface area contributed by atoms with E-state index in [9.17, 15) is 0 Å². The van der Waals surface area contributed by atoms with E-state index >= 15 is 0 Å². The Balaban J connectivity index is 1.80. The lowest BCUT2D eigenvalue weighted by atomic mass is 9.78. The average molecular weight is 367 g/mol. The molecule has 1 heterocycles. The predicted octanol–water partition coefficient (Wildman–Crippen LogP) is 5.53. The van der Waals surface area contributed by atoms with Crippen molar-refractivity contribution in [3.8, 4) is 0 Å². The highest BCUT2D eigenvalue weighted by molar-refractivity contribution is 9.10. The lowest BCUT2D eigenvalue weighted by Crippen LogP contribution is -2.33. The van der Waals surface area contributed by atoms with Crippen LogP contribution < -0.4 is 5.32 Å². The first-order chi connectivity index (χ1) is 9.97. The molecule has 1 fully saturated rings. The summed E-state index contributed by atoms with van der Waals surface area (Å²) in [6, 6.07) is 4.32. The lowest BCUT2D eigenvalue weighted by Gasteiger charge is -2.33. The molecule has 4 heteroatoms. The minimum atomic E-state index is 0.210. The fraction of sp³-hybridized carbons (Fsp3) is 0.588. The molecule has 0 bridgehead atoms. The third kappa shape index (κ3) is 3.31. The third-order valence-corrected chi connectivity index (χ3v) is 6.22. The van der Waals surface area contributed by atoms with Gasteiger partial charge in [-0.2, -0.15) is 0 Å². The van der Waals surface area contributed by atoms with Crippen molar-refractivity contribution < 1.29 is 0 Å². The highest BCUT2D eigenvalue weighted by Gasteiger charge is 2.39. The number of aliphatic imine (C=N–C) groups is 1. The molecule has 1 aliphatic carbocycles. The highest BCUT2D eigenvalue weighted by atomic mass is 79.9. The Morgan fingerprint density at radius 1 is 1.33 bits per heavy atom. The molecule has 2 nitrogen and oxygen atoms in total. The summed E-state index contributed by atoms with van der Waals surface area (Å²) in [5.41, 5.74) is 3.96. The van der Waals surface area contributed by atoms with Gasteiger partial charge >= 0.3 is 0 Å². The molecule has 1 aromatic rings. The molecule has 0 radical (unpaired) electrons. The number of thioether (sulfide) groups is 1. The van der Waals surface area contributed by atoms with Crippen molar-refractivity contribution in [3.63, 3.8) is 0 Å². The summed E-state index contributed by atoms with van der Waals surface area (Å²) < 4.78 is 1.14. The highest BCUT2D eigenvalue weighted by Crippen LogP contribution is 2.42. The number of benzene rings is 1. The summed E-state index contributed by atoms with van der Waals surface area (Å²) >= 11 is 5.45. The van der Waals surface area contributed by atoms with Crippen LogP contribution in [0.25, 0.3) is 0 Å². The zero-order valence-electron chi connectivity index (χ0n) is 13.0. The smallest absolute Gasteiger partial charge is 0.161 e. The second-order valence-electron chi connectivity index (χ2n) is 6.67. The standard InChI is InChI=1S/C17H23BrN2S/c1-11-5-4-6-17(9-11)10-21-16(20-17)19-15-12(2)7-14(18)8-13(15)3/h7-8,11H,4-6,9-10H2,1-3H3,(H,19,20). The number of nitrogens with zero attached hydrogens (tertiary/aromatic N) is 1. The summed E-state index contributed by atoms with van der Waals surface area (Å²) in [4.78, 5) is 5.09. The van der Waals surface area contributed by atoms with Crippen molar-refractivity contribution >= 4 is 38.5 Å². The van der Waals surface area contributed by atoms with Gasteiger partial charge < -0.3 is 5.32 Å². The maximum absolute atomic E-state index is 5.09. The number of amidine groups is 1. The zero-order valence-corrected chi connectivity index (χ0v) is 15.4. The van der Waals surface area contributed by atoms with E-state index in [0.29, 0.717) is 0 Å². The van der Waals surface area contributed by atoms with E-state index in [2.05, 4.69) is 54.2 Å². The Morgan fingerprint density at radius 2 is 2.05 bits per heavy atom. The van der Waals surface area contributed by atoms with Crippen molar-refractivity contribution in [1.29, 1.82) is 0 Å². The number of nitrogens with one attached hydrogen (secondary N) is 1. The van der Waals surface area contributed by atoms with Crippen molar-refractivity contribution in [2.75, 3.05) is 11.1 Å². The Bertz CT molecular complexity index is 561. The molecule has 114 valence electrons. The maximum Gasteiger partial charge on any atom is 0.161 e. The van der Waals surface area contributed by atoms with Crippen LogP contribution in [0.3, 0.4) is 0 Å². The molecule has 2 aliphatic rings. The first-order valence-corrected chi connectivity index (χ1v) is 9.52. The topological polar surface area (TPSA) is 24.4 Å². The van der Waals surface area contributed by atoms with Gasteiger partial charge in [0, 0.05) is 15.9 Å². The van der Waals surface area contributed by atoms with Crippen LogP contribution in [-0.2, 0) is 0 Å². The molecule has 0 aromatic heterocycles. The summed E-state index contributed by atoms with van der Waals surface area (Å²) in [5.74, 6) is 1.97. The Morgan fingerprint density at radius 3 is 2.71 bits per heavy atom. The van der Waals surface area contributed by atoms with E-state index in [1.807, 2.05) is 11.8 Å². The molecule has 1 aliphatic heterocycles. The number of hydrogen-bond acceptors (Lipinski definition) is 3. The van der Waals surface area contributed by atoms with Crippen molar-refractivity contribution in [2.45, 2.75) is 52.0 Å². The molecule has 21 heavy (non-hydrogen) atoms. The Hall–Kier alpha value is -0.480. The SMILES string of the molecule is Cc1cc(Br)cc(C)c1NC1=NC2(CCCC(C)C2)CS1. The molecule has 0 amide bonds. The van der Waals surface area contributed by atoms with Crippen molar-refractivity contribution in [2.24, 2.45) is 10.9 Å². The van der Waals surface area contributed by atoms with Gasteiger partial charge in [0.15, 0.2) is 5.17 Å². The van der Waals surface area contributed by atoms with E-state index in [-0.39, 0.29) is 5.54 Å². The van der Waals surface area contributed by atoms with Crippen LogP contribution in [0, 0.1) is 19.8 Å². The van der Waals surface area contributed by atoms with E-state index in [1.165, 1.54) is 42.5 Å². The third-order valence-electron chi connectivity index (χ3n) is 4.61. The maximum atomic E-state index is 5.09. The van der Waals surface area contributed by atoms with Gasteiger partial charge in [-0.15, -0.1) is 0 Å². The second-order valence-corrected chi connectivity index (χ2v) is 8.55. The van der Waals surface area contributed by atoms with Crippen molar-refractivity contribution in [1.82, 2.24) is 0 Å². The van der Waals surface area contributed by atoms with Gasteiger partial charge in [-0.05, 0) is 55.9 Å². The van der Waals surface area contributed by atoms with Crippen LogP contribution >= 0.6 is 27.7 Å². The number of hydrogen-bond donors (Lipinski definition) is 1. The molecule has 1 N–H and O–H groups in total. The number of anilines is 1. The van der Waals surface area contributed by atoms with Gasteiger partial charge in [0.25, 0.3) is 0 Å². The molecular formula is C17H23BrN2S. The minimum Gasteiger partial charge on any atom is -0.335 e. The zero-order chi connectivity index (χ0) is 15.0. The van der Waals surface area contributed by atoms with Gasteiger partial charge in [-0.1, -0.05) is 47.5 Å². The van der Waals surface area contributed by atoms with E-state index < -0.39 is 0 Å². The fourth-order valence-electron chi connectivity index (χ4n) is 3.63. The first-order valence-electron chi connectivity index (χ1n) is 7.74. The molecule has 0 saturated heterocycles. The quantitative estimate of drug-likeness (QED) is 0.706. The molecule has 1 aromatic carbocycles. The Labute approximate surface area is 140 Å². The molecular weight excluding hydrogens is 344 g/mol. The van der Waals surface area contributed by atoms with Gasteiger partial charge in [-0.3, -0.25) is 4.99 Å². The van der Waals surface area contributed by atoms with Crippen LogP contribution in [0.15, 0.2) is 21.6 Å². The van der Waals surface area contributed by atoms with Gasteiger partial charge in [0.05, 0.1) is 5.54 Å². The van der Waals surface area contributed by atoms with Gasteiger partial charge in [0.1, 0.15) is 0 Å². The first kappa shape index (κ1) is 15.4. The molecule has 2 atom stereocenters. The predicted molar refractivity (Wildman–Crippen MR) is 97.5 cm³/mol. The van der Waals surface area contributed by atoms with Crippen LogP contribution in [0.4, 0.5) is 5.69 Å². The molecule has 3 rings (SSSR count). The van der Waals surface area contributed by atoms with Crippen molar-refractivity contribution in [3.05, 3.63) is 27.7 Å². The molecule has 1 saturated carbocycles. The number of aryl methyl sites for hydroxylation is 2. The van der Waals surface area contributed by atoms with Gasteiger partial charge in [-0.25, -0.2) is 0 Å². The van der Waals surface area contributed by atoms with E-state index in [4.69, 9.17) is 4.99 Å². The molecule has 1 spiro atoms. The summed E-state index contributed by atoms with van der Waals surface area (Å²) in [6.07, 6.45) is 5.21. The summed E-state index contributed by atoms with van der Waals surface area (Å²) in [7, 11) is 0. The van der Waals surface area contributed by atoms with Crippen LogP contribution in [0.1, 0.15) is 43.7 Å². The Kier molecular flexibility index (Phi) is 4.37. The summed E-state index contributed by atoms with van der Waals surface area (Å²) in [6.45, 7) is 6.67. The fourth-order valence-corrected chi connectivity index (χ4v) is 5.48. The van der Waals surface area contributed by atoms with Crippen LogP contribution in [0.2, 0.25) is 0 Å². The summed E-state index contributed by atoms with van der Waals surface area (Å²) in [5, 5.41) is 4.69. The number of halogens is 1. The van der Waals surface area contributed by atoms with Crippen LogP contribution in [0.5, 0.6) is 0 Å².